The molecule has 0 aliphatic carbocycles. The molecule has 1 aliphatic rings. The van der Waals surface area contributed by atoms with Crippen molar-refractivity contribution in [3.63, 3.8) is 0 Å². The molecule has 20 heavy (non-hydrogen) atoms. The monoisotopic (exact) mass is 344 g/mol. The highest BCUT2D eigenvalue weighted by atomic mass is 79.9. The fourth-order valence-corrected chi connectivity index (χ4v) is 2.48. The molecule has 0 saturated carbocycles. The molecule has 0 N–H and O–H groups in total. The zero-order chi connectivity index (χ0) is 14.4. The van der Waals surface area contributed by atoms with Crippen molar-refractivity contribution in [3.8, 4) is 5.75 Å². The molecule has 1 unspecified atom stereocenters. The molecule has 1 saturated heterocycles. The Kier molecular flexibility index (Phi) is 6.01. The fourth-order valence-electron chi connectivity index (χ4n) is 1.99. The lowest BCUT2D eigenvalue weighted by atomic mass is 10.2. The van der Waals surface area contributed by atoms with Gasteiger partial charge in [0.05, 0.1) is 11.1 Å². The van der Waals surface area contributed by atoms with Crippen LogP contribution in [0.5, 0.6) is 5.75 Å². The van der Waals surface area contributed by atoms with E-state index in [0.717, 1.165) is 25.9 Å². The van der Waals surface area contributed by atoms with Gasteiger partial charge in [0, 0.05) is 6.61 Å². The van der Waals surface area contributed by atoms with Crippen molar-refractivity contribution in [2.75, 3.05) is 19.8 Å². The molecule has 3 nitrogen and oxygen atoms in total. The summed E-state index contributed by atoms with van der Waals surface area (Å²) >= 11 is 3.19. The first kappa shape index (κ1) is 15.5. The van der Waals surface area contributed by atoms with E-state index in [-0.39, 0.29) is 18.6 Å². The molecular weight excluding hydrogens is 327 g/mol. The molecule has 1 aromatic rings. The van der Waals surface area contributed by atoms with E-state index >= 15 is 0 Å². The number of benzene rings is 1. The first-order chi connectivity index (χ1) is 9.72. The summed E-state index contributed by atoms with van der Waals surface area (Å²) in [6.45, 7) is 5.03. The van der Waals surface area contributed by atoms with Crippen LogP contribution in [-0.4, -0.2) is 26.1 Å². The highest BCUT2D eigenvalue weighted by molar-refractivity contribution is 9.10. The summed E-state index contributed by atoms with van der Waals surface area (Å²) in [4.78, 5) is 0. The van der Waals surface area contributed by atoms with Gasteiger partial charge in [0.2, 0.25) is 0 Å². The highest BCUT2D eigenvalue weighted by Crippen LogP contribution is 2.29. The van der Waals surface area contributed by atoms with E-state index in [1.165, 1.54) is 0 Å². The van der Waals surface area contributed by atoms with Crippen LogP contribution in [0.3, 0.4) is 0 Å². The zero-order valence-corrected chi connectivity index (χ0v) is 12.8. The molecule has 0 spiro atoms. The van der Waals surface area contributed by atoms with Crippen molar-refractivity contribution in [2.24, 2.45) is 0 Å². The summed E-state index contributed by atoms with van der Waals surface area (Å²) < 4.78 is 30.7. The molecule has 0 aromatic heterocycles. The number of ether oxygens (including phenoxy) is 3. The van der Waals surface area contributed by atoms with Crippen LogP contribution in [0, 0.1) is 5.82 Å². The average Bonchev–Trinajstić information content (AvgIpc) is 2.49. The molecule has 1 atom stereocenters. The zero-order valence-electron chi connectivity index (χ0n) is 11.2. The first-order valence-electron chi connectivity index (χ1n) is 6.69. The van der Waals surface area contributed by atoms with Gasteiger partial charge in [-0.3, -0.25) is 0 Å². The Morgan fingerprint density at radius 3 is 2.95 bits per heavy atom. The molecule has 1 heterocycles. The summed E-state index contributed by atoms with van der Waals surface area (Å²) in [7, 11) is 0. The van der Waals surface area contributed by atoms with Gasteiger partial charge < -0.3 is 14.2 Å². The average molecular weight is 345 g/mol. The molecule has 1 aromatic carbocycles. The summed E-state index contributed by atoms with van der Waals surface area (Å²) in [5.74, 6) is -0.216. The number of hydrogen-bond donors (Lipinski definition) is 0. The Balaban J connectivity index is 1.79. The van der Waals surface area contributed by atoms with E-state index in [0.29, 0.717) is 16.6 Å². The van der Waals surface area contributed by atoms with Gasteiger partial charge in [0.25, 0.3) is 0 Å². The molecule has 5 heteroatoms. The van der Waals surface area contributed by atoms with E-state index in [1.807, 2.05) is 0 Å². The van der Waals surface area contributed by atoms with Gasteiger partial charge in [-0.15, -0.1) is 0 Å². The number of halogens is 2. The standard InChI is InChI=1S/C15H18BrFO3/c1-2-11-6-7-12(15(17)14(11)16)18-9-10-20-13-5-3-4-8-19-13/h2,6-7,13H,1,3-5,8-10H2. The van der Waals surface area contributed by atoms with Crippen LogP contribution in [0.25, 0.3) is 6.08 Å². The SMILES string of the molecule is C=Cc1ccc(OCCOC2CCCCO2)c(F)c1Br. The lowest BCUT2D eigenvalue weighted by molar-refractivity contribution is -0.165. The molecule has 2 rings (SSSR count). The summed E-state index contributed by atoms with van der Waals surface area (Å²) in [5, 5.41) is 0. The summed E-state index contributed by atoms with van der Waals surface area (Å²) in [6.07, 6.45) is 4.56. The molecule has 1 fully saturated rings. The van der Waals surface area contributed by atoms with Crippen molar-refractivity contribution in [1.29, 1.82) is 0 Å². The van der Waals surface area contributed by atoms with Crippen LogP contribution in [0.4, 0.5) is 4.39 Å². The molecular formula is C15H18BrFO3. The summed E-state index contributed by atoms with van der Waals surface area (Å²) in [6, 6.07) is 3.34. The molecule has 0 amide bonds. The second-order valence-electron chi connectivity index (χ2n) is 4.50. The second kappa shape index (κ2) is 7.76. The van der Waals surface area contributed by atoms with Crippen LogP contribution in [-0.2, 0) is 9.47 Å². The third-order valence-electron chi connectivity index (χ3n) is 3.08. The maximum absolute atomic E-state index is 13.9. The van der Waals surface area contributed by atoms with Gasteiger partial charge in [-0.25, -0.2) is 4.39 Å². The van der Waals surface area contributed by atoms with Gasteiger partial charge in [-0.05, 0) is 52.9 Å². The lowest BCUT2D eigenvalue weighted by Gasteiger charge is -2.22. The van der Waals surface area contributed by atoms with Crippen LogP contribution < -0.4 is 4.74 Å². The Morgan fingerprint density at radius 2 is 2.25 bits per heavy atom. The van der Waals surface area contributed by atoms with E-state index in [9.17, 15) is 4.39 Å². The number of rotatable bonds is 6. The predicted molar refractivity (Wildman–Crippen MR) is 79.2 cm³/mol. The Bertz CT molecular complexity index is 459. The Labute approximate surface area is 126 Å². The Morgan fingerprint density at radius 1 is 1.40 bits per heavy atom. The minimum Gasteiger partial charge on any atom is -0.488 e. The quantitative estimate of drug-likeness (QED) is 0.725. The van der Waals surface area contributed by atoms with E-state index in [1.54, 1.807) is 18.2 Å². The first-order valence-corrected chi connectivity index (χ1v) is 7.48. The summed E-state index contributed by atoms with van der Waals surface area (Å²) in [5.41, 5.74) is 0.696. The predicted octanol–water partition coefficient (Wildman–Crippen LogP) is 4.15. The van der Waals surface area contributed by atoms with Gasteiger partial charge in [-0.1, -0.05) is 12.7 Å². The van der Waals surface area contributed by atoms with Crippen LogP contribution in [0.15, 0.2) is 23.2 Å². The highest BCUT2D eigenvalue weighted by Gasteiger charge is 2.14. The van der Waals surface area contributed by atoms with Crippen LogP contribution >= 0.6 is 15.9 Å². The lowest BCUT2D eigenvalue weighted by Crippen LogP contribution is -2.24. The molecule has 110 valence electrons. The van der Waals surface area contributed by atoms with Crippen molar-refractivity contribution in [2.45, 2.75) is 25.6 Å². The van der Waals surface area contributed by atoms with Crippen LogP contribution in [0.2, 0.25) is 0 Å². The topological polar surface area (TPSA) is 27.7 Å². The molecule has 0 radical (unpaired) electrons. The third-order valence-corrected chi connectivity index (χ3v) is 3.89. The van der Waals surface area contributed by atoms with Crippen molar-refractivity contribution < 1.29 is 18.6 Å². The minimum atomic E-state index is -0.420. The fraction of sp³-hybridized carbons (Fsp3) is 0.467. The third kappa shape index (κ3) is 4.04. The van der Waals surface area contributed by atoms with Crippen molar-refractivity contribution in [1.82, 2.24) is 0 Å². The molecule has 0 bridgehead atoms. The Hall–Kier alpha value is -0.910. The maximum atomic E-state index is 13.9. The number of hydrogen-bond acceptors (Lipinski definition) is 3. The molecule has 1 aliphatic heterocycles. The van der Waals surface area contributed by atoms with Crippen molar-refractivity contribution in [3.05, 3.63) is 34.6 Å². The van der Waals surface area contributed by atoms with Gasteiger partial charge >= 0.3 is 0 Å². The smallest absolute Gasteiger partial charge is 0.179 e. The largest absolute Gasteiger partial charge is 0.488 e. The minimum absolute atomic E-state index is 0.146. The van der Waals surface area contributed by atoms with Gasteiger partial charge in [-0.2, -0.15) is 0 Å². The maximum Gasteiger partial charge on any atom is 0.179 e. The van der Waals surface area contributed by atoms with E-state index in [4.69, 9.17) is 14.2 Å². The normalized spacial score (nSPS) is 18.8. The van der Waals surface area contributed by atoms with Crippen molar-refractivity contribution >= 4 is 22.0 Å². The van der Waals surface area contributed by atoms with Gasteiger partial charge in [0.15, 0.2) is 17.9 Å². The van der Waals surface area contributed by atoms with Gasteiger partial charge in [0.1, 0.15) is 6.61 Å². The van der Waals surface area contributed by atoms with Crippen LogP contribution in [0.1, 0.15) is 24.8 Å². The van der Waals surface area contributed by atoms with E-state index in [2.05, 4.69) is 22.5 Å². The van der Waals surface area contributed by atoms with E-state index < -0.39 is 5.82 Å². The second-order valence-corrected chi connectivity index (χ2v) is 5.29.